The van der Waals surface area contributed by atoms with Gasteiger partial charge in [0.25, 0.3) is 4.46 Å². The van der Waals surface area contributed by atoms with Gasteiger partial charge in [0.1, 0.15) is 19.3 Å². The van der Waals surface area contributed by atoms with Crippen molar-refractivity contribution in [3.05, 3.63) is 24.9 Å². The Bertz CT molecular complexity index is 287. The van der Waals surface area contributed by atoms with Crippen LogP contribution in [0, 0.1) is 0 Å². The largest absolute Gasteiger partial charge is 0.345 e. The van der Waals surface area contributed by atoms with Gasteiger partial charge < -0.3 is 9.47 Å². The van der Waals surface area contributed by atoms with Gasteiger partial charge in [0.05, 0.1) is 19.3 Å². The molecule has 1 atom stereocenters. The first-order valence-electron chi connectivity index (χ1n) is 4.89. The summed E-state index contributed by atoms with van der Waals surface area (Å²) in [7, 11) is 0. The molecule has 5 heteroatoms. The Morgan fingerprint density at radius 1 is 1.47 bits per heavy atom. The van der Waals surface area contributed by atoms with E-state index in [1.807, 2.05) is 6.20 Å². The quantitative estimate of drug-likeness (QED) is 0.329. The SMILES string of the molecule is C=CC[N+]1(CC2OCCO2)C=CC1(Cl)Cl. The van der Waals surface area contributed by atoms with Crippen LogP contribution in [0.5, 0.6) is 0 Å². The number of quaternary nitrogens is 1. The summed E-state index contributed by atoms with van der Waals surface area (Å²) < 4.78 is 10.3. The molecule has 1 fully saturated rings. The summed E-state index contributed by atoms with van der Waals surface area (Å²) in [5.41, 5.74) is 0. The van der Waals surface area contributed by atoms with Crippen molar-refractivity contribution in [2.24, 2.45) is 0 Å². The van der Waals surface area contributed by atoms with Crippen LogP contribution in [0.1, 0.15) is 0 Å². The summed E-state index contributed by atoms with van der Waals surface area (Å²) >= 11 is 12.4. The minimum Gasteiger partial charge on any atom is -0.345 e. The molecule has 0 aliphatic carbocycles. The van der Waals surface area contributed by atoms with Crippen LogP contribution in [0.25, 0.3) is 0 Å². The molecule has 1 unspecified atom stereocenters. The predicted octanol–water partition coefficient (Wildman–Crippen LogP) is 2.02. The van der Waals surface area contributed by atoms with Crippen molar-refractivity contribution in [1.82, 2.24) is 0 Å². The standard InChI is InChI=1S/C10H14Cl2NO2/c1-2-4-13(5-3-10(13,11)12)8-9-14-6-7-15-9/h2-3,5,9H,1,4,6-8H2/q+1. The van der Waals surface area contributed by atoms with E-state index >= 15 is 0 Å². The van der Waals surface area contributed by atoms with Gasteiger partial charge in [-0.15, -0.1) is 0 Å². The Hall–Kier alpha value is -0.0600. The number of rotatable bonds is 4. The molecule has 0 aromatic rings. The molecule has 0 N–H and O–H groups in total. The number of alkyl halides is 2. The van der Waals surface area contributed by atoms with E-state index in [0.29, 0.717) is 30.8 Å². The molecule has 3 nitrogen and oxygen atoms in total. The lowest BCUT2D eigenvalue weighted by Crippen LogP contribution is -2.62. The maximum absolute atomic E-state index is 6.18. The van der Waals surface area contributed by atoms with E-state index in [4.69, 9.17) is 32.7 Å². The number of hydrogen-bond acceptors (Lipinski definition) is 2. The molecule has 0 aromatic heterocycles. The van der Waals surface area contributed by atoms with Gasteiger partial charge in [0.15, 0.2) is 0 Å². The maximum Gasteiger partial charge on any atom is 0.280 e. The average molecular weight is 251 g/mol. The molecule has 0 amide bonds. The van der Waals surface area contributed by atoms with Crippen LogP contribution >= 0.6 is 23.2 Å². The molecule has 2 rings (SSSR count). The van der Waals surface area contributed by atoms with Crippen molar-refractivity contribution in [2.75, 3.05) is 26.3 Å². The first-order valence-corrected chi connectivity index (χ1v) is 5.64. The second-order valence-electron chi connectivity index (χ2n) is 3.76. The topological polar surface area (TPSA) is 18.5 Å². The molecular weight excluding hydrogens is 237 g/mol. The Labute approximate surface area is 99.4 Å². The van der Waals surface area contributed by atoms with Gasteiger partial charge >= 0.3 is 0 Å². The maximum atomic E-state index is 6.18. The molecule has 2 aliphatic heterocycles. The van der Waals surface area contributed by atoms with E-state index in [9.17, 15) is 0 Å². The van der Waals surface area contributed by atoms with Gasteiger partial charge in [-0.25, -0.2) is 0 Å². The highest BCUT2D eigenvalue weighted by Gasteiger charge is 2.54. The number of ether oxygens (including phenoxy) is 2. The molecule has 2 aliphatic rings. The van der Waals surface area contributed by atoms with Crippen LogP contribution in [0.2, 0.25) is 0 Å². The molecule has 0 bridgehead atoms. The van der Waals surface area contributed by atoms with Gasteiger partial charge in [0.2, 0.25) is 6.29 Å². The zero-order valence-electron chi connectivity index (χ0n) is 8.36. The Kier molecular flexibility index (Phi) is 3.10. The zero-order chi connectivity index (χ0) is 10.9. The third-order valence-corrected chi connectivity index (χ3v) is 3.70. The summed E-state index contributed by atoms with van der Waals surface area (Å²) in [5.74, 6) is 0. The van der Waals surface area contributed by atoms with Crippen LogP contribution in [0.4, 0.5) is 0 Å². The van der Waals surface area contributed by atoms with Crippen molar-refractivity contribution in [1.29, 1.82) is 0 Å². The highest BCUT2D eigenvalue weighted by molar-refractivity contribution is 6.49. The molecule has 2 heterocycles. The predicted molar refractivity (Wildman–Crippen MR) is 59.5 cm³/mol. The Morgan fingerprint density at radius 3 is 2.53 bits per heavy atom. The van der Waals surface area contributed by atoms with Crippen LogP contribution in [0.15, 0.2) is 24.9 Å². The average Bonchev–Trinajstić information content (AvgIpc) is 2.68. The molecule has 15 heavy (non-hydrogen) atoms. The normalized spacial score (nSPS) is 34.0. The fourth-order valence-corrected chi connectivity index (χ4v) is 2.35. The summed E-state index contributed by atoms with van der Waals surface area (Å²) in [6.07, 6.45) is 5.32. The number of halogens is 2. The number of hydrogen-bond donors (Lipinski definition) is 0. The first-order chi connectivity index (χ1) is 7.10. The monoisotopic (exact) mass is 250 g/mol. The van der Waals surface area contributed by atoms with Crippen molar-refractivity contribution < 1.29 is 14.0 Å². The van der Waals surface area contributed by atoms with Crippen molar-refractivity contribution in [3.8, 4) is 0 Å². The summed E-state index contributed by atoms with van der Waals surface area (Å²) in [4.78, 5) is 0. The van der Waals surface area contributed by atoms with E-state index < -0.39 is 4.46 Å². The van der Waals surface area contributed by atoms with Crippen molar-refractivity contribution in [3.63, 3.8) is 0 Å². The van der Waals surface area contributed by atoms with Crippen LogP contribution in [0.3, 0.4) is 0 Å². The molecule has 0 spiro atoms. The van der Waals surface area contributed by atoms with Crippen molar-refractivity contribution in [2.45, 2.75) is 10.7 Å². The number of nitrogens with zero attached hydrogens (tertiary/aromatic N) is 1. The van der Waals surface area contributed by atoms with Crippen LogP contribution in [-0.2, 0) is 9.47 Å². The molecule has 0 radical (unpaired) electrons. The highest BCUT2D eigenvalue weighted by atomic mass is 35.5. The fourth-order valence-electron chi connectivity index (χ4n) is 1.85. The molecular formula is C10H14Cl2NO2+. The fraction of sp³-hybridized carbons (Fsp3) is 0.600. The second kappa shape index (κ2) is 4.07. The Morgan fingerprint density at radius 2 is 2.13 bits per heavy atom. The van der Waals surface area contributed by atoms with E-state index in [0.717, 1.165) is 0 Å². The van der Waals surface area contributed by atoms with Gasteiger partial charge in [-0.05, 0) is 29.3 Å². The van der Waals surface area contributed by atoms with Crippen molar-refractivity contribution >= 4 is 23.2 Å². The smallest absolute Gasteiger partial charge is 0.280 e. The van der Waals surface area contributed by atoms with E-state index in [-0.39, 0.29) is 6.29 Å². The molecule has 1 saturated heterocycles. The van der Waals surface area contributed by atoms with Gasteiger partial charge in [-0.1, -0.05) is 6.58 Å². The molecule has 84 valence electrons. The van der Waals surface area contributed by atoms with Gasteiger partial charge in [-0.2, -0.15) is 0 Å². The minimum absolute atomic E-state index is 0.216. The van der Waals surface area contributed by atoms with E-state index in [1.54, 1.807) is 12.2 Å². The second-order valence-corrected chi connectivity index (χ2v) is 5.11. The summed E-state index contributed by atoms with van der Waals surface area (Å²) in [5, 5.41) is 0. The van der Waals surface area contributed by atoms with E-state index in [2.05, 4.69) is 6.58 Å². The van der Waals surface area contributed by atoms with Crippen LogP contribution in [-0.4, -0.2) is 41.5 Å². The lowest BCUT2D eigenvalue weighted by atomic mass is 10.2. The van der Waals surface area contributed by atoms with Crippen LogP contribution < -0.4 is 0 Å². The first kappa shape index (κ1) is 11.4. The summed E-state index contributed by atoms with van der Waals surface area (Å²) in [6, 6.07) is 0. The van der Waals surface area contributed by atoms with Gasteiger partial charge in [-0.3, -0.25) is 4.48 Å². The van der Waals surface area contributed by atoms with Gasteiger partial charge in [0, 0.05) is 0 Å². The minimum atomic E-state index is -0.885. The lowest BCUT2D eigenvalue weighted by molar-refractivity contribution is -0.912. The Balaban J connectivity index is 2.07. The molecule has 0 saturated carbocycles. The zero-order valence-corrected chi connectivity index (χ0v) is 9.88. The third-order valence-electron chi connectivity index (χ3n) is 2.77. The highest BCUT2D eigenvalue weighted by Crippen LogP contribution is 2.44. The van der Waals surface area contributed by atoms with E-state index in [1.165, 1.54) is 0 Å². The third kappa shape index (κ3) is 1.95. The lowest BCUT2D eigenvalue weighted by Gasteiger charge is -2.47. The summed E-state index contributed by atoms with van der Waals surface area (Å²) in [6.45, 7) is 6.29. The molecule has 0 aromatic carbocycles.